The first-order valence-corrected chi connectivity index (χ1v) is 6.02. The fourth-order valence-corrected chi connectivity index (χ4v) is 2.24. The summed E-state index contributed by atoms with van der Waals surface area (Å²) in [5.74, 6) is 2.65. The van der Waals surface area contributed by atoms with Crippen LogP contribution in [0.5, 0.6) is 0 Å². The van der Waals surface area contributed by atoms with Crippen molar-refractivity contribution in [2.24, 2.45) is 7.05 Å². The van der Waals surface area contributed by atoms with Gasteiger partial charge in [0.25, 0.3) is 0 Å². The Balaban J connectivity index is 1.99. The summed E-state index contributed by atoms with van der Waals surface area (Å²) in [7, 11) is 1.97. The van der Waals surface area contributed by atoms with Crippen LogP contribution in [-0.4, -0.2) is 21.3 Å². The van der Waals surface area contributed by atoms with Gasteiger partial charge in [0.05, 0.1) is 6.54 Å². The van der Waals surface area contributed by atoms with E-state index in [-0.39, 0.29) is 0 Å². The Morgan fingerprint density at radius 1 is 1.50 bits per heavy atom. The third-order valence-electron chi connectivity index (χ3n) is 3.16. The minimum absolute atomic E-state index is 0.597. The van der Waals surface area contributed by atoms with E-state index in [4.69, 9.17) is 0 Å². The third kappa shape index (κ3) is 2.50. The zero-order valence-corrected chi connectivity index (χ0v) is 9.95. The van der Waals surface area contributed by atoms with E-state index in [0.29, 0.717) is 5.92 Å². The topological polar surface area (TPSA) is 42.7 Å². The van der Waals surface area contributed by atoms with Crippen molar-refractivity contribution in [1.82, 2.24) is 20.1 Å². The van der Waals surface area contributed by atoms with Crippen LogP contribution in [0.3, 0.4) is 0 Å². The molecule has 0 aliphatic heterocycles. The summed E-state index contributed by atoms with van der Waals surface area (Å²) in [4.78, 5) is 4.62. The maximum Gasteiger partial charge on any atom is 0.154 e. The summed E-state index contributed by atoms with van der Waals surface area (Å²) in [6.45, 7) is 5.25. The molecule has 0 amide bonds. The fourth-order valence-electron chi connectivity index (χ4n) is 2.24. The van der Waals surface area contributed by atoms with Crippen LogP contribution in [-0.2, 0) is 13.6 Å². The highest BCUT2D eigenvalue weighted by Crippen LogP contribution is 2.31. The lowest BCUT2D eigenvalue weighted by molar-refractivity contribution is 0.628. The summed E-state index contributed by atoms with van der Waals surface area (Å²) in [5.41, 5.74) is 0. The van der Waals surface area contributed by atoms with Crippen LogP contribution in [0.1, 0.15) is 43.3 Å². The highest BCUT2D eigenvalue weighted by Gasteiger charge is 2.21. The Morgan fingerprint density at radius 3 is 2.94 bits per heavy atom. The smallest absolute Gasteiger partial charge is 0.154 e. The highest BCUT2D eigenvalue weighted by molar-refractivity contribution is 5.01. The van der Waals surface area contributed by atoms with Gasteiger partial charge in [-0.3, -0.25) is 4.68 Å². The van der Waals surface area contributed by atoms with Crippen LogP contribution in [0.15, 0.2) is 12.7 Å². The Labute approximate surface area is 96.8 Å². The summed E-state index contributed by atoms with van der Waals surface area (Å²) in [6.07, 6.45) is 7.02. The van der Waals surface area contributed by atoms with Crippen molar-refractivity contribution in [2.75, 3.05) is 6.54 Å². The van der Waals surface area contributed by atoms with Crippen LogP contribution in [0.25, 0.3) is 0 Å². The van der Waals surface area contributed by atoms with Crippen LogP contribution < -0.4 is 5.32 Å². The van der Waals surface area contributed by atoms with Crippen LogP contribution in [0.2, 0.25) is 0 Å². The van der Waals surface area contributed by atoms with Gasteiger partial charge in [-0.15, -0.1) is 6.58 Å². The van der Waals surface area contributed by atoms with E-state index in [1.54, 1.807) is 0 Å². The standard InChI is InChI=1S/C12H20N4/c1-3-8-13-9-11-14-12(15-16(11)2)10-6-4-5-7-10/h3,10,13H,1,4-9H2,2H3. The molecule has 0 aromatic carbocycles. The highest BCUT2D eigenvalue weighted by atomic mass is 15.3. The molecular weight excluding hydrogens is 200 g/mol. The van der Waals surface area contributed by atoms with Crippen LogP contribution in [0.4, 0.5) is 0 Å². The van der Waals surface area contributed by atoms with E-state index in [0.717, 1.165) is 24.7 Å². The van der Waals surface area contributed by atoms with Gasteiger partial charge in [0.2, 0.25) is 0 Å². The van der Waals surface area contributed by atoms with Gasteiger partial charge in [0, 0.05) is 19.5 Å². The summed E-state index contributed by atoms with van der Waals surface area (Å²) < 4.78 is 1.89. The van der Waals surface area contributed by atoms with E-state index in [1.807, 2.05) is 17.8 Å². The minimum atomic E-state index is 0.597. The maximum atomic E-state index is 4.62. The van der Waals surface area contributed by atoms with Crippen molar-refractivity contribution in [2.45, 2.75) is 38.1 Å². The summed E-state index contributed by atoms with van der Waals surface area (Å²) in [5, 5.41) is 7.77. The number of hydrogen-bond donors (Lipinski definition) is 1. The Morgan fingerprint density at radius 2 is 2.25 bits per heavy atom. The molecule has 2 rings (SSSR count). The van der Waals surface area contributed by atoms with Crippen LogP contribution >= 0.6 is 0 Å². The molecule has 1 aromatic rings. The Bertz CT molecular complexity index is 350. The quantitative estimate of drug-likeness (QED) is 0.607. The molecule has 0 spiro atoms. The molecule has 0 bridgehead atoms. The second-order valence-electron chi connectivity index (χ2n) is 4.41. The van der Waals surface area contributed by atoms with E-state index in [9.17, 15) is 0 Å². The lowest BCUT2D eigenvalue weighted by atomic mass is 10.1. The molecule has 1 aliphatic rings. The monoisotopic (exact) mass is 220 g/mol. The molecule has 0 radical (unpaired) electrons. The average Bonchev–Trinajstić information content (AvgIpc) is 2.88. The molecule has 16 heavy (non-hydrogen) atoms. The Kier molecular flexibility index (Phi) is 3.72. The minimum Gasteiger partial charge on any atom is -0.306 e. The van der Waals surface area contributed by atoms with Gasteiger partial charge < -0.3 is 5.32 Å². The SMILES string of the molecule is C=CCNCc1nc(C2CCCC2)nn1C. The molecule has 0 unspecified atom stereocenters. The van der Waals surface area contributed by atoms with Gasteiger partial charge >= 0.3 is 0 Å². The molecule has 0 atom stereocenters. The molecule has 1 aliphatic carbocycles. The van der Waals surface area contributed by atoms with Crippen molar-refractivity contribution in [3.8, 4) is 0 Å². The van der Waals surface area contributed by atoms with Crippen molar-refractivity contribution in [3.63, 3.8) is 0 Å². The van der Waals surface area contributed by atoms with E-state index in [1.165, 1.54) is 25.7 Å². The summed E-state index contributed by atoms with van der Waals surface area (Å²) in [6, 6.07) is 0. The first kappa shape index (κ1) is 11.3. The van der Waals surface area contributed by atoms with Crippen molar-refractivity contribution >= 4 is 0 Å². The average molecular weight is 220 g/mol. The molecule has 0 saturated heterocycles. The Hall–Kier alpha value is -1.16. The molecule has 4 nitrogen and oxygen atoms in total. The van der Waals surface area contributed by atoms with Gasteiger partial charge in [-0.1, -0.05) is 18.9 Å². The lowest BCUT2D eigenvalue weighted by Gasteiger charge is -2.00. The van der Waals surface area contributed by atoms with Gasteiger partial charge in [0.15, 0.2) is 5.82 Å². The zero-order valence-electron chi connectivity index (χ0n) is 9.95. The second-order valence-corrected chi connectivity index (χ2v) is 4.41. The maximum absolute atomic E-state index is 4.62. The third-order valence-corrected chi connectivity index (χ3v) is 3.16. The zero-order chi connectivity index (χ0) is 11.4. The van der Waals surface area contributed by atoms with Gasteiger partial charge in [-0.2, -0.15) is 5.10 Å². The molecule has 1 N–H and O–H groups in total. The van der Waals surface area contributed by atoms with Crippen molar-refractivity contribution in [3.05, 3.63) is 24.3 Å². The first-order valence-electron chi connectivity index (χ1n) is 6.02. The van der Waals surface area contributed by atoms with Gasteiger partial charge in [-0.05, 0) is 12.8 Å². The first-order chi connectivity index (χ1) is 7.81. The number of rotatable bonds is 5. The number of aryl methyl sites for hydroxylation is 1. The number of hydrogen-bond acceptors (Lipinski definition) is 3. The van der Waals surface area contributed by atoms with E-state index < -0.39 is 0 Å². The number of aromatic nitrogens is 3. The number of nitrogens with zero attached hydrogens (tertiary/aromatic N) is 3. The lowest BCUT2D eigenvalue weighted by Crippen LogP contribution is -2.16. The largest absolute Gasteiger partial charge is 0.306 e. The molecule has 4 heteroatoms. The predicted molar refractivity (Wildman–Crippen MR) is 64.1 cm³/mol. The van der Waals surface area contributed by atoms with Crippen molar-refractivity contribution in [1.29, 1.82) is 0 Å². The van der Waals surface area contributed by atoms with Crippen LogP contribution in [0, 0.1) is 0 Å². The fraction of sp³-hybridized carbons (Fsp3) is 0.667. The molecule has 1 heterocycles. The summed E-state index contributed by atoms with van der Waals surface area (Å²) >= 11 is 0. The van der Waals surface area contributed by atoms with Gasteiger partial charge in [-0.25, -0.2) is 4.98 Å². The van der Waals surface area contributed by atoms with E-state index >= 15 is 0 Å². The molecule has 1 saturated carbocycles. The molecular formula is C12H20N4. The predicted octanol–water partition coefficient (Wildman–Crippen LogP) is 1.75. The van der Waals surface area contributed by atoms with Crippen molar-refractivity contribution < 1.29 is 0 Å². The second kappa shape index (κ2) is 5.25. The van der Waals surface area contributed by atoms with E-state index in [2.05, 4.69) is 22.0 Å². The normalized spacial score (nSPS) is 16.8. The van der Waals surface area contributed by atoms with Gasteiger partial charge in [0.1, 0.15) is 5.82 Å². The number of nitrogens with one attached hydrogen (secondary N) is 1. The molecule has 88 valence electrons. The molecule has 1 fully saturated rings. The molecule has 1 aromatic heterocycles.